The molecule has 2 aromatic carbocycles. The Balaban J connectivity index is 1.85. The zero-order valence-corrected chi connectivity index (χ0v) is 11.9. The fraction of sp³-hybridized carbons (Fsp3) is 0.368. The first kappa shape index (κ1) is 12.2. The van der Waals surface area contributed by atoms with Gasteiger partial charge in [0.25, 0.3) is 0 Å². The third-order valence-electron chi connectivity index (χ3n) is 4.94. The van der Waals surface area contributed by atoms with Crippen LogP contribution in [0, 0.1) is 0 Å². The summed E-state index contributed by atoms with van der Waals surface area (Å²) < 4.78 is 0. The van der Waals surface area contributed by atoms with E-state index in [0.717, 1.165) is 25.4 Å². The summed E-state index contributed by atoms with van der Waals surface area (Å²) in [4.78, 5) is 0. The zero-order valence-electron chi connectivity index (χ0n) is 11.9. The molecule has 1 aliphatic heterocycles. The minimum Gasteiger partial charge on any atom is -0.312 e. The number of hydrogen-bond donors (Lipinski definition) is 1. The summed E-state index contributed by atoms with van der Waals surface area (Å²) in [6.45, 7) is 2.13. The standard InChI is InChI=1S/C19H21N/c1-2-9-18(16(8-1)14-5-3-6-14)19-10-4-7-15-13-20-12-11-17(15)19/h1-2,4,7-10,14,20H,3,5-6,11-13H2. The van der Waals surface area contributed by atoms with Gasteiger partial charge in [-0.1, -0.05) is 48.9 Å². The summed E-state index contributed by atoms with van der Waals surface area (Å²) in [5, 5.41) is 3.48. The minimum absolute atomic E-state index is 0.795. The van der Waals surface area contributed by atoms with Crippen LogP contribution >= 0.6 is 0 Å². The minimum atomic E-state index is 0.795. The highest BCUT2D eigenvalue weighted by atomic mass is 14.9. The molecule has 0 amide bonds. The molecule has 2 aliphatic rings. The van der Waals surface area contributed by atoms with Gasteiger partial charge in [-0.2, -0.15) is 0 Å². The van der Waals surface area contributed by atoms with Crippen molar-refractivity contribution in [1.29, 1.82) is 0 Å². The fourth-order valence-corrected chi connectivity index (χ4v) is 3.60. The maximum atomic E-state index is 3.48. The third kappa shape index (κ3) is 1.97. The van der Waals surface area contributed by atoms with Gasteiger partial charge < -0.3 is 5.32 Å². The summed E-state index contributed by atoms with van der Waals surface area (Å²) in [7, 11) is 0. The number of hydrogen-bond acceptors (Lipinski definition) is 1. The SMILES string of the molecule is c1ccc(C2CCC2)c(-c2cccc3c2CCNC3)c1. The summed E-state index contributed by atoms with van der Waals surface area (Å²) in [5.74, 6) is 0.795. The lowest BCUT2D eigenvalue weighted by molar-refractivity contribution is 0.420. The second-order valence-electron chi connectivity index (χ2n) is 6.09. The molecule has 1 heteroatoms. The molecule has 1 fully saturated rings. The van der Waals surface area contributed by atoms with Gasteiger partial charge in [0, 0.05) is 6.54 Å². The maximum absolute atomic E-state index is 3.48. The molecule has 2 aromatic rings. The Labute approximate surface area is 121 Å². The lowest BCUT2D eigenvalue weighted by Gasteiger charge is -2.29. The molecule has 0 atom stereocenters. The quantitative estimate of drug-likeness (QED) is 0.853. The van der Waals surface area contributed by atoms with Crippen LogP contribution < -0.4 is 5.32 Å². The van der Waals surface area contributed by atoms with E-state index in [0.29, 0.717) is 0 Å². The van der Waals surface area contributed by atoms with Gasteiger partial charge in [0.1, 0.15) is 0 Å². The third-order valence-corrected chi connectivity index (χ3v) is 4.94. The smallest absolute Gasteiger partial charge is 0.0208 e. The highest BCUT2D eigenvalue weighted by molar-refractivity contribution is 5.73. The number of fused-ring (bicyclic) bond motifs is 1. The molecule has 0 bridgehead atoms. The molecule has 4 rings (SSSR count). The molecule has 0 spiro atoms. The molecule has 1 nitrogen and oxygen atoms in total. The molecule has 0 saturated heterocycles. The van der Waals surface area contributed by atoms with E-state index in [1.807, 2.05) is 0 Å². The van der Waals surface area contributed by atoms with E-state index in [1.165, 1.54) is 36.0 Å². The van der Waals surface area contributed by atoms with Gasteiger partial charge in [0.05, 0.1) is 0 Å². The van der Waals surface area contributed by atoms with Crippen LogP contribution in [0.25, 0.3) is 11.1 Å². The molecule has 1 aliphatic carbocycles. The van der Waals surface area contributed by atoms with Crippen LogP contribution in [0.4, 0.5) is 0 Å². The molecule has 0 unspecified atom stereocenters. The van der Waals surface area contributed by atoms with E-state index >= 15 is 0 Å². The van der Waals surface area contributed by atoms with E-state index in [4.69, 9.17) is 0 Å². The Morgan fingerprint density at radius 2 is 1.75 bits per heavy atom. The second-order valence-corrected chi connectivity index (χ2v) is 6.09. The van der Waals surface area contributed by atoms with Gasteiger partial charge in [0.2, 0.25) is 0 Å². The lowest BCUT2D eigenvalue weighted by atomic mass is 9.76. The Morgan fingerprint density at radius 1 is 0.900 bits per heavy atom. The monoisotopic (exact) mass is 263 g/mol. The van der Waals surface area contributed by atoms with Crippen molar-refractivity contribution >= 4 is 0 Å². The molecule has 1 heterocycles. The number of rotatable bonds is 2. The van der Waals surface area contributed by atoms with Crippen molar-refractivity contribution in [3.05, 3.63) is 59.2 Å². The number of nitrogens with one attached hydrogen (secondary N) is 1. The first-order valence-electron chi connectivity index (χ1n) is 7.84. The van der Waals surface area contributed by atoms with Gasteiger partial charge in [-0.3, -0.25) is 0 Å². The molecule has 102 valence electrons. The molecule has 0 radical (unpaired) electrons. The van der Waals surface area contributed by atoms with Crippen LogP contribution in [0.1, 0.15) is 41.9 Å². The molecule has 1 N–H and O–H groups in total. The van der Waals surface area contributed by atoms with Crippen molar-refractivity contribution in [3.63, 3.8) is 0 Å². The van der Waals surface area contributed by atoms with Crippen LogP contribution in [-0.4, -0.2) is 6.54 Å². The van der Waals surface area contributed by atoms with Gasteiger partial charge >= 0.3 is 0 Å². The Hall–Kier alpha value is -1.60. The van der Waals surface area contributed by atoms with E-state index in [-0.39, 0.29) is 0 Å². The Kier molecular flexibility index (Phi) is 3.08. The summed E-state index contributed by atoms with van der Waals surface area (Å²) >= 11 is 0. The fourth-order valence-electron chi connectivity index (χ4n) is 3.60. The van der Waals surface area contributed by atoms with Crippen LogP contribution in [0.2, 0.25) is 0 Å². The molecular weight excluding hydrogens is 242 g/mol. The molecule has 20 heavy (non-hydrogen) atoms. The van der Waals surface area contributed by atoms with Crippen LogP contribution in [0.3, 0.4) is 0 Å². The van der Waals surface area contributed by atoms with E-state index < -0.39 is 0 Å². The van der Waals surface area contributed by atoms with E-state index in [1.54, 1.807) is 11.1 Å². The van der Waals surface area contributed by atoms with Crippen LogP contribution in [0.15, 0.2) is 42.5 Å². The topological polar surface area (TPSA) is 12.0 Å². The van der Waals surface area contributed by atoms with Gasteiger partial charge in [-0.05, 0) is 59.5 Å². The van der Waals surface area contributed by atoms with Crippen LogP contribution in [0.5, 0.6) is 0 Å². The molecular formula is C19H21N. The van der Waals surface area contributed by atoms with Gasteiger partial charge in [-0.25, -0.2) is 0 Å². The zero-order chi connectivity index (χ0) is 13.4. The van der Waals surface area contributed by atoms with Gasteiger partial charge in [-0.15, -0.1) is 0 Å². The van der Waals surface area contributed by atoms with Crippen molar-refractivity contribution in [2.75, 3.05) is 6.54 Å². The van der Waals surface area contributed by atoms with Crippen molar-refractivity contribution in [2.45, 2.75) is 38.1 Å². The highest BCUT2D eigenvalue weighted by Gasteiger charge is 2.23. The number of benzene rings is 2. The maximum Gasteiger partial charge on any atom is 0.0208 e. The predicted octanol–water partition coefficient (Wildman–Crippen LogP) is 4.27. The second kappa shape index (κ2) is 5.06. The van der Waals surface area contributed by atoms with E-state index in [9.17, 15) is 0 Å². The average Bonchev–Trinajstić information content (AvgIpc) is 2.46. The average molecular weight is 263 g/mol. The highest BCUT2D eigenvalue weighted by Crippen LogP contribution is 2.42. The summed E-state index contributed by atoms with van der Waals surface area (Å²) in [6.07, 6.45) is 5.29. The largest absolute Gasteiger partial charge is 0.312 e. The summed E-state index contributed by atoms with van der Waals surface area (Å²) in [6, 6.07) is 15.9. The van der Waals surface area contributed by atoms with Crippen molar-refractivity contribution in [1.82, 2.24) is 5.32 Å². The van der Waals surface area contributed by atoms with Crippen molar-refractivity contribution in [2.24, 2.45) is 0 Å². The Morgan fingerprint density at radius 3 is 2.60 bits per heavy atom. The first-order valence-corrected chi connectivity index (χ1v) is 7.84. The predicted molar refractivity (Wildman–Crippen MR) is 83.9 cm³/mol. The lowest BCUT2D eigenvalue weighted by Crippen LogP contribution is -2.24. The van der Waals surface area contributed by atoms with Crippen LogP contribution in [-0.2, 0) is 13.0 Å². The van der Waals surface area contributed by atoms with Crippen molar-refractivity contribution < 1.29 is 0 Å². The molecule has 1 saturated carbocycles. The van der Waals surface area contributed by atoms with Crippen molar-refractivity contribution in [3.8, 4) is 11.1 Å². The van der Waals surface area contributed by atoms with E-state index in [2.05, 4.69) is 47.8 Å². The summed E-state index contributed by atoms with van der Waals surface area (Å²) in [5.41, 5.74) is 7.59. The Bertz CT molecular complexity index is 625. The normalized spacial score (nSPS) is 18.4. The van der Waals surface area contributed by atoms with Gasteiger partial charge in [0.15, 0.2) is 0 Å². The first-order chi connectivity index (χ1) is 9.93. The molecule has 0 aromatic heterocycles.